The first-order chi connectivity index (χ1) is 14.4. The topological polar surface area (TPSA) is 42.2 Å². The zero-order valence-electron chi connectivity index (χ0n) is 16.3. The Bertz CT molecular complexity index is 1020. The Hall–Kier alpha value is -2.41. The van der Waals surface area contributed by atoms with Gasteiger partial charge in [0.25, 0.3) is 5.91 Å². The fourth-order valence-electron chi connectivity index (χ4n) is 3.79. The Kier molecular flexibility index (Phi) is 6.09. The van der Waals surface area contributed by atoms with Gasteiger partial charge >= 0.3 is 6.18 Å². The molecule has 0 aliphatic heterocycles. The average Bonchev–Trinajstić information content (AvgIpc) is 3.11. The van der Waals surface area contributed by atoms with Crippen molar-refractivity contribution in [2.24, 2.45) is 0 Å². The number of amides is 1. The predicted molar refractivity (Wildman–Crippen MR) is 114 cm³/mol. The summed E-state index contributed by atoms with van der Waals surface area (Å²) in [6, 6.07) is 11.9. The number of rotatable bonds is 5. The molecule has 0 spiro atoms. The SMILES string of the molecule is O=C(Nc1ccc(C(F)(F)F)cc1)c1oc2ccccc2c1CSC1CCCCC1. The first kappa shape index (κ1) is 20.8. The maximum Gasteiger partial charge on any atom is 0.416 e. The summed E-state index contributed by atoms with van der Waals surface area (Å²) in [7, 11) is 0. The number of nitrogens with one attached hydrogen (secondary N) is 1. The third-order valence-electron chi connectivity index (χ3n) is 5.39. The number of carbonyl (C=O) groups excluding carboxylic acids is 1. The first-order valence-electron chi connectivity index (χ1n) is 10.0. The minimum Gasteiger partial charge on any atom is -0.451 e. The van der Waals surface area contributed by atoms with Crippen molar-refractivity contribution >= 4 is 34.3 Å². The van der Waals surface area contributed by atoms with E-state index in [1.807, 2.05) is 36.0 Å². The maximum atomic E-state index is 12.9. The van der Waals surface area contributed by atoms with Crippen LogP contribution >= 0.6 is 11.8 Å². The molecular formula is C23H22F3NO2S. The molecule has 4 rings (SSSR count). The van der Waals surface area contributed by atoms with Gasteiger partial charge in [-0.2, -0.15) is 24.9 Å². The summed E-state index contributed by atoms with van der Waals surface area (Å²) in [5.74, 6) is 0.432. The van der Waals surface area contributed by atoms with Crippen LogP contribution < -0.4 is 5.32 Å². The molecule has 1 aliphatic carbocycles. The normalized spacial score (nSPS) is 15.4. The number of carbonyl (C=O) groups is 1. The van der Waals surface area contributed by atoms with Crippen LogP contribution in [0.4, 0.5) is 18.9 Å². The number of halogens is 3. The van der Waals surface area contributed by atoms with Crippen molar-refractivity contribution in [1.82, 2.24) is 0 Å². The second-order valence-corrected chi connectivity index (χ2v) is 8.79. The van der Waals surface area contributed by atoms with Gasteiger partial charge in [-0.15, -0.1) is 0 Å². The van der Waals surface area contributed by atoms with Gasteiger partial charge in [-0.3, -0.25) is 4.79 Å². The molecule has 2 aromatic carbocycles. The Balaban J connectivity index is 1.55. The summed E-state index contributed by atoms with van der Waals surface area (Å²) in [6.07, 6.45) is 1.73. The molecule has 1 heterocycles. The van der Waals surface area contributed by atoms with E-state index in [0.717, 1.165) is 23.1 Å². The highest BCUT2D eigenvalue weighted by molar-refractivity contribution is 7.99. The molecule has 0 atom stereocenters. The van der Waals surface area contributed by atoms with Crippen LogP contribution in [-0.2, 0) is 11.9 Å². The molecule has 3 nitrogen and oxygen atoms in total. The quantitative estimate of drug-likeness (QED) is 0.460. The molecule has 7 heteroatoms. The molecule has 0 radical (unpaired) electrons. The fraction of sp³-hybridized carbons (Fsp3) is 0.348. The van der Waals surface area contributed by atoms with Crippen LogP contribution in [0.1, 0.15) is 53.8 Å². The number of benzene rings is 2. The van der Waals surface area contributed by atoms with Crippen molar-refractivity contribution in [3.8, 4) is 0 Å². The highest BCUT2D eigenvalue weighted by Crippen LogP contribution is 2.35. The Labute approximate surface area is 177 Å². The lowest BCUT2D eigenvalue weighted by Crippen LogP contribution is -2.14. The number of anilines is 1. The zero-order valence-corrected chi connectivity index (χ0v) is 17.1. The predicted octanol–water partition coefficient (Wildman–Crippen LogP) is 7.27. The van der Waals surface area contributed by atoms with Gasteiger partial charge in [-0.05, 0) is 43.2 Å². The van der Waals surface area contributed by atoms with E-state index in [1.165, 1.54) is 44.2 Å². The Morgan fingerprint density at radius 1 is 1.03 bits per heavy atom. The summed E-state index contributed by atoms with van der Waals surface area (Å²) >= 11 is 1.85. The van der Waals surface area contributed by atoms with Crippen LogP contribution in [0.25, 0.3) is 11.0 Å². The second kappa shape index (κ2) is 8.76. The van der Waals surface area contributed by atoms with Crippen LogP contribution in [0.5, 0.6) is 0 Å². The highest BCUT2D eigenvalue weighted by Gasteiger charge is 2.30. The van der Waals surface area contributed by atoms with Gasteiger partial charge in [0.05, 0.1) is 5.56 Å². The van der Waals surface area contributed by atoms with Crippen molar-refractivity contribution in [3.63, 3.8) is 0 Å². The molecule has 158 valence electrons. The molecule has 0 unspecified atom stereocenters. The smallest absolute Gasteiger partial charge is 0.416 e. The van der Waals surface area contributed by atoms with Crippen molar-refractivity contribution < 1.29 is 22.4 Å². The van der Waals surface area contributed by atoms with E-state index in [9.17, 15) is 18.0 Å². The number of thioether (sulfide) groups is 1. The van der Waals surface area contributed by atoms with Crippen molar-refractivity contribution in [2.45, 2.75) is 49.3 Å². The largest absolute Gasteiger partial charge is 0.451 e. The molecule has 3 aromatic rings. The number of alkyl halides is 3. The van der Waals surface area contributed by atoms with Crippen LogP contribution in [-0.4, -0.2) is 11.2 Å². The van der Waals surface area contributed by atoms with E-state index in [0.29, 0.717) is 22.3 Å². The molecule has 1 fully saturated rings. The minimum absolute atomic E-state index is 0.222. The standard InChI is InChI=1S/C23H22F3NO2S/c24-23(25,26)15-10-12-16(13-11-15)27-22(28)21-19(14-30-17-6-2-1-3-7-17)18-8-4-5-9-20(18)29-21/h4-5,8-13,17H,1-3,6-7,14H2,(H,27,28). The Morgan fingerprint density at radius 3 is 2.43 bits per heavy atom. The summed E-state index contributed by atoms with van der Waals surface area (Å²) < 4.78 is 44.1. The molecule has 1 aliphatic rings. The van der Waals surface area contributed by atoms with Crippen LogP contribution in [0, 0.1) is 0 Å². The van der Waals surface area contributed by atoms with Crippen molar-refractivity contribution in [1.29, 1.82) is 0 Å². The summed E-state index contributed by atoms with van der Waals surface area (Å²) in [5.41, 5.74) is 1.01. The van der Waals surface area contributed by atoms with Gasteiger partial charge in [-0.25, -0.2) is 0 Å². The summed E-state index contributed by atoms with van der Waals surface area (Å²) in [6.45, 7) is 0. The van der Waals surface area contributed by atoms with Crippen LogP contribution in [0.15, 0.2) is 52.9 Å². The van der Waals surface area contributed by atoms with E-state index in [2.05, 4.69) is 5.32 Å². The van der Waals surface area contributed by atoms with Crippen LogP contribution in [0.2, 0.25) is 0 Å². The molecular weight excluding hydrogens is 411 g/mol. The molecule has 1 aromatic heterocycles. The highest BCUT2D eigenvalue weighted by atomic mass is 32.2. The minimum atomic E-state index is -4.41. The summed E-state index contributed by atoms with van der Waals surface area (Å²) in [5, 5.41) is 4.15. The monoisotopic (exact) mass is 433 g/mol. The molecule has 1 amide bonds. The third-order valence-corrected chi connectivity index (χ3v) is 6.79. The lowest BCUT2D eigenvalue weighted by molar-refractivity contribution is -0.137. The van der Waals surface area contributed by atoms with E-state index >= 15 is 0 Å². The van der Waals surface area contributed by atoms with Gasteiger partial charge in [0, 0.05) is 27.6 Å². The molecule has 1 saturated carbocycles. The maximum absolute atomic E-state index is 12.9. The van der Waals surface area contributed by atoms with Crippen molar-refractivity contribution in [2.75, 3.05) is 5.32 Å². The van der Waals surface area contributed by atoms with Crippen LogP contribution in [0.3, 0.4) is 0 Å². The number of para-hydroxylation sites is 1. The van der Waals surface area contributed by atoms with Gasteiger partial charge in [0.1, 0.15) is 5.58 Å². The lowest BCUT2D eigenvalue weighted by atomic mass is 10.0. The molecule has 0 saturated heterocycles. The van der Waals surface area contributed by atoms with E-state index in [4.69, 9.17) is 4.42 Å². The third kappa shape index (κ3) is 4.67. The lowest BCUT2D eigenvalue weighted by Gasteiger charge is -2.20. The number of fused-ring (bicyclic) bond motifs is 1. The number of furan rings is 1. The van der Waals surface area contributed by atoms with E-state index in [-0.39, 0.29) is 5.76 Å². The summed E-state index contributed by atoms with van der Waals surface area (Å²) in [4.78, 5) is 12.9. The molecule has 30 heavy (non-hydrogen) atoms. The van der Waals surface area contributed by atoms with Gasteiger partial charge in [0.2, 0.25) is 0 Å². The van der Waals surface area contributed by atoms with Gasteiger partial charge in [0.15, 0.2) is 5.76 Å². The second-order valence-electron chi connectivity index (χ2n) is 7.51. The number of hydrogen-bond donors (Lipinski definition) is 1. The number of hydrogen-bond acceptors (Lipinski definition) is 3. The molecule has 1 N–H and O–H groups in total. The van der Waals surface area contributed by atoms with E-state index in [1.54, 1.807) is 0 Å². The zero-order chi connectivity index (χ0) is 21.1. The first-order valence-corrected chi connectivity index (χ1v) is 11.1. The Morgan fingerprint density at radius 2 is 1.73 bits per heavy atom. The fourth-order valence-corrected chi connectivity index (χ4v) is 5.14. The van der Waals surface area contributed by atoms with Gasteiger partial charge < -0.3 is 9.73 Å². The van der Waals surface area contributed by atoms with E-state index < -0.39 is 17.6 Å². The molecule has 0 bridgehead atoms. The van der Waals surface area contributed by atoms with Gasteiger partial charge in [-0.1, -0.05) is 37.5 Å². The van der Waals surface area contributed by atoms with Crippen molar-refractivity contribution in [3.05, 3.63) is 65.4 Å². The average molecular weight is 433 g/mol.